The van der Waals surface area contributed by atoms with Crippen LogP contribution in [0.25, 0.3) is 0 Å². The van der Waals surface area contributed by atoms with E-state index in [0.717, 1.165) is 10.2 Å². The van der Waals surface area contributed by atoms with Crippen molar-refractivity contribution in [2.24, 2.45) is 0 Å². The number of hydrogen-bond donors (Lipinski definition) is 2. The van der Waals surface area contributed by atoms with Gasteiger partial charge in [-0.3, -0.25) is 4.79 Å². The molecule has 0 aliphatic rings. The van der Waals surface area contributed by atoms with Crippen molar-refractivity contribution >= 4 is 39.3 Å². The highest BCUT2D eigenvalue weighted by atomic mass is 79.9. The first kappa shape index (κ1) is 13.9. The second-order valence-electron chi connectivity index (χ2n) is 3.24. The van der Waals surface area contributed by atoms with E-state index in [-0.39, 0.29) is 5.91 Å². The minimum Gasteiger partial charge on any atom is -0.398 e. The maximum atomic E-state index is 11.8. The molecule has 3 nitrogen and oxygen atoms in total. The number of benzene rings is 1. The maximum absolute atomic E-state index is 11.8. The van der Waals surface area contributed by atoms with Gasteiger partial charge in [-0.05, 0) is 18.2 Å². The van der Waals surface area contributed by atoms with Crippen LogP contribution in [0.2, 0.25) is 0 Å². The Labute approximate surface area is 114 Å². The van der Waals surface area contributed by atoms with E-state index in [1.807, 2.05) is 0 Å². The zero-order valence-corrected chi connectivity index (χ0v) is 11.6. The van der Waals surface area contributed by atoms with Gasteiger partial charge in [0.2, 0.25) is 0 Å². The largest absolute Gasteiger partial charge is 0.398 e. The first-order chi connectivity index (χ1) is 8.15. The number of nitrogens with one attached hydrogen (secondary N) is 1. The third-order valence-electron chi connectivity index (χ3n) is 1.98. The van der Waals surface area contributed by atoms with Crippen LogP contribution in [0, 0.1) is 12.3 Å². The smallest absolute Gasteiger partial charge is 0.253 e. The Morgan fingerprint density at radius 3 is 3.00 bits per heavy atom. The highest BCUT2D eigenvalue weighted by Crippen LogP contribution is 2.18. The van der Waals surface area contributed by atoms with E-state index in [9.17, 15) is 4.79 Å². The Bertz CT molecular complexity index is 443. The molecule has 0 fully saturated rings. The molecule has 0 saturated heterocycles. The summed E-state index contributed by atoms with van der Waals surface area (Å²) in [5.41, 5.74) is 6.71. The molecular formula is C12H13BrN2OS. The van der Waals surface area contributed by atoms with E-state index < -0.39 is 0 Å². The van der Waals surface area contributed by atoms with Crippen molar-refractivity contribution in [3.8, 4) is 12.3 Å². The SMILES string of the molecule is C#CCSCCNC(=O)c1ccc(Br)cc1N. The minimum absolute atomic E-state index is 0.156. The second-order valence-corrected chi connectivity index (χ2v) is 5.27. The number of hydrogen-bond acceptors (Lipinski definition) is 3. The molecule has 1 amide bonds. The summed E-state index contributed by atoms with van der Waals surface area (Å²) in [6.45, 7) is 0.584. The van der Waals surface area contributed by atoms with Gasteiger partial charge in [0, 0.05) is 22.5 Å². The van der Waals surface area contributed by atoms with Gasteiger partial charge >= 0.3 is 0 Å². The van der Waals surface area contributed by atoms with Crippen LogP contribution in [0.3, 0.4) is 0 Å². The standard InChI is InChI=1S/C12H13BrN2OS/c1-2-6-17-7-5-15-12(16)10-4-3-9(13)8-11(10)14/h1,3-4,8H,5-7,14H2,(H,15,16). The first-order valence-electron chi connectivity index (χ1n) is 4.99. The van der Waals surface area contributed by atoms with Crippen LogP contribution in [-0.4, -0.2) is 24.0 Å². The molecule has 0 atom stereocenters. The van der Waals surface area contributed by atoms with Crippen molar-refractivity contribution in [1.29, 1.82) is 0 Å². The van der Waals surface area contributed by atoms with Crippen molar-refractivity contribution in [2.45, 2.75) is 0 Å². The van der Waals surface area contributed by atoms with E-state index in [0.29, 0.717) is 23.5 Å². The normalized spacial score (nSPS) is 9.65. The van der Waals surface area contributed by atoms with Crippen LogP contribution in [0.15, 0.2) is 22.7 Å². The summed E-state index contributed by atoms with van der Waals surface area (Å²) >= 11 is 4.90. The Balaban J connectivity index is 2.45. The number of anilines is 1. The van der Waals surface area contributed by atoms with Crippen molar-refractivity contribution in [3.05, 3.63) is 28.2 Å². The highest BCUT2D eigenvalue weighted by Gasteiger charge is 2.08. The number of nitrogens with two attached hydrogens (primary N) is 1. The van der Waals surface area contributed by atoms with Crippen LogP contribution in [0.5, 0.6) is 0 Å². The fraction of sp³-hybridized carbons (Fsp3) is 0.250. The fourth-order valence-corrected chi connectivity index (χ4v) is 2.09. The molecular weight excluding hydrogens is 300 g/mol. The summed E-state index contributed by atoms with van der Waals surface area (Å²) in [6, 6.07) is 5.20. The summed E-state index contributed by atoms with van der Waals surface area (Å²) in [7, 11) is 0. The molecule has 0 aromatic heterocycles. The summed E-state index contributed by atoms with van der Waals surface area (Å²) in [6.07, 6.45) is 5.12. The molecule has 0 saturated carbocycles. The van der Waals surface area contributed by atoms with E-state index in [1.165, 1.54) is 0 Å². The van der Waals surface area contributed by atoms with E-state index >= 15 is 0 Å². The van der Waals surface area contributed by atoms with Crippen LogP contribution >= 0.6 is 27.7 Å². The van der Waals surface area contributed by atoms with Crippen molar-refractivity contribution in [2.75, 3.05) is 23.8 Å². The van der Waals surface area contributed by atoms with Crippen LogP contribution in [0.1, 0.15) is 10.4 Å². The van der Waals surface area contributed by atoms with E-state index in [4.69, 9.17) is 12.2 Å². The van der Waals surface area contributed by atoms with Gasteiger partial charge in [-0.2, -0.15) is 0 Å². The molecule has 3 N–H and O–H groups in total. The van der Waals surface area contributed by atoms with Crippen LogP contribution in [0.4, 0.5) is 5.69 Å². The fourth-order valence-electron chi connectivity index (χ4n) is 1.20. The molecule has 0 unspecified atom stereocenters. The molecule has 1 aromatic carbocycles. The zero-order valence-electron chi connectivity index (χ0n) is 9.20. The average molecular weight is 313 g/mol. The van der Waals surface area contributed by atoms with Gasteiger partial charge in [-0.1, -0.05) is 21.9 Å². The molecule has 0 aliphatic carbocycles. The highest BCUT2D eigenvalue weighted by molar-refractivity contribution is 9.10. The molecule has 17 heavy (non-hydrogen) atoms. The molecule has 0 spiro atoms. The predicted octanol–water partition coefficient (Wildman–Crippen LogP) is 2.13. The lowest BCUT2D eigenvalue weighted by Crippen LogP contribution is -2.26. The average Bonchev–Trinajstić information content (AvgIpc) is 2.28. The number of amides is 1. The monoisotopic (exact) mass is 312 g/mol. The second kappa shape index (κ2) is 7.25. The molecule has 0 heterocycles. The predicted molar refractivity (Wildman–Crippen MR) is 77.0 cm³/mol. The Hall–Kier alpha value is -1.12. The van der Waals surface area contributed by atoms with Gasteiger partial charge in [0.25, 0.3) is 5.91 Å². The van der Waals surface area contributed by atoms with E-state index in [1.54, 1.807) is 30.0 Å². The molecule has 0 bridgehead atoms. The Kier molecular flexibility index (Phi) is 5.95. The third-order valence-corrected chi connectivity index (χ3v) is 3.33. The third kappa shape index (κ3) is 4.72. The van der Waals surface area contributed by atoms with Crippen molar-refractivity contribution in [3.63, 3.8) is 0 Å². The molecule has 0 aliphatic heterocycles. The van der Waals surface area contributed by atoms with Gasteiger partial charge in [0.05, 0.1) is 11.3 Å². The number of nitrogen functional groups attached to an aromatic ring is 1. The Morgan fingerprint density at radius 2 is 2.35 bits per heavy atom. The van der Waals surface area contributed by atoms with Gasteiger partial charge in [0.15, 0.2) is 0 Å². The lowest BCUT2D eigenvalue weighted by Gasteiger charge is -2.07. The lowest BCUT2D eigenvalue weighted by molar-refractivity contribution is 0.0957. The van der Waals surface area contributed by atoms with Gasteiger partial charge < -0.3 is 11.1 Å². The zero-order chi connectivity index (χ0) is 12.7. The summed E-state index contributed by atoms with van der Waals surface area (Å²) in [5.74, 6) is 3.83. The number of carbonyl (C=O) groups excluding carboxylic acids is 1. The van der Waals surface area contributed by atoms with Crippen molar-refractivity contribution in [1.82, 2.24) is 5.32 Å². The molecule has 5 heteroatoms. The number of carbonyl (C=O) groups is 1. The molecule has 0 radical (unpaired) electrons. The lowest BCUT2D eigenvalue weighted by atomic mass is 10.2. The molecule has 90 valence electrons. The number of halogens is 1. The topological polar surface area (TPSA) is 55.1 Å². The van der Waals surface area contributed by atoms with E-state index in [2.05, 4.69) is 27.2 Å². The maximum Gasteiger partial charge on any atom is 0.253 e. The molecule has 1 rings (SSSR count). The van der Waals surface area contributed by atoms with Gasteiger partial charge in [-0.15, -0.1) is 18.2 Å². The summed E-state index contributed by atoms with van der Waals surface area (Å²) in [4.78, 5) is 11.8. The summed E-state index contributed by atoms with van der Waals surface area (Å²) < 4.78 is 0.858. The number of thioether (sulfide) groups is 1. The number of terminal acetylenes is 1. The quantitative estimate of drug-likeness (QED) is 0.497. The van der Waals surface area contributed by atoms with Gasteiger partial charge in [0.1, 0.15) is 0 Å². The number of rotatable bonds is 5. The Morgan fingerprint density at radius 1 is 1.59 bits per heavy atom. The first-order valence-corrected chi connectivity index (χ1v) is 6.94. The van der Waals surface area contributed by atoms with Gasteiger partial charge in [-0.25, -0.2) is 0 Å². The minimum atomic E-state index is -0.156. The van der Waals surface area contributed by atoms with Crippen molar-refractivity contribution < 1.29 is 4.79 Å². The van der Waals surface area contributed by atoms with Crippen LogP contribution < -0.4 is 11.1 Å². The summed E-state index contributed by atoms with van der Waals surface area (Å²) in [5, 5.41) is 2.79. The van der Waals surface area contributed by atoms with Crippen LogP contribution in [-0.2, 0) is 0 Å². The molecule has 1 aromatic rings.